The highest BCUT2D eigenvalue weighted by Crippen LogP contribution is 2.30. The largest absolute Gasteiger partial charge is 0.416 e. The van der Waals surface area contributed by atoms with Crippen molar-refractivity contribution in [3.63, 3.8) is 0 Å². The van der Waals surface area contributed by atoms with Gasteiger partial charge < -0.3 is 4.42 Å². The van der Waals surface area contributed by atoms with Crippen LogP contribution in [0.5, 0.6) is 0 Å². The number of aryl methyl sites for hydroxylation is 1. The quantitative estimate of drug-likeness (QED) is 0.541. The molecule has 0 aliphatic rings. The van der Waals surface area contributed by atoms with Crippen molar-refractivity contribution in [1.82, 2.24) is 10.2 Å². The second-order valence-corrected chi connectivity index (χ2v) is 4.56. The molecule has 0 bridgehead atoms. The van der Waals surface area contributed by atoms with Gasteiger partial charge in [0.15, 0.2) is 0 Å². The van der Waals surface area contributed by atoms with Crippen LogP contribution in [0.4, 0.5) is 5.69 Å². The fraction of sp³-hybridized carbons (Fsp3) is 0.0667. The molecule has 0 aliphatic heterocycles. The fourth-order valence-corrected chi connectivity index (χ4v) is 2.04. The van der Waals surface area contributed by atoms with Crippen molar-refractivity contribution in [3.05, 3.63) is 64.2 Å². The molecular weight excluding hydrogens is 270 g/mol. The van der Waals surface area contributed by atoms with Gasteiger partial charge in [-0.3, -0.25) is 10.1 Å². The second-order valence-electron chi connectivity index (χ2n) is 4.56. The smallest absolute Gasteiger partial charge is 0.282 e. The molecule has 3 rings (SSSR count). The number of hydrogen-bond donors (Lipinski definition) is 0. The third-order valence-corrected chi connectivity index (χ3v) is 3.02. The number of nitro benzene ring substituents is 1. The molecule has 0 unspecified atom stereocenters. The summed E-state index contributed by atoms with van der Waals surface area (Å²) in [5, 5.41) is 18.9. The molecule has 104 valence electrons. The highest BCUT2D eigenvalue weighted by atomic mass is 16.6. The Hall–Kier alpha value is -3.02. The average Bonchev–Trinajstić information content (AvgIpc) is 2.97. The van der Waals surface area contributed by atoms with Gasteiger partial charge in [-0.1, -0.05) is 29.8 Å². The Kier molecular flexibility index (Phi) is 3.19. The monoisotopic (exact) mass is 281 g/mol. The Morgan fingerprint density at radius 1 is 1.05 bits per heavy atom. The summed E-state index contributed by atoms with van der Waals surface area (Å²) >= 11 is 0. The van der Waals surface area contributed by atoms with E-state index in [4.69, 9.17) is 4.42 Å². The van der Waals surface area contributed by atoms with E-state index in [1.165, 1.54) is 6.07 Å². The fourth-order valence-electron chi connectivity index (χ4n) is 2.04. The van der Waals surface area contributed by atoms with E-state index in [1.54, 1.807) is 18.2 Å². The Labute approximate surface area is 120 Å². The Bertz CT molecular complexity index is 811. The molecule has 0 amide bonds. The van der Waals surface area contributed by atoms with Crippen LogP contribution < -0.4 is 0 Å². The molecule has 2 aromatic carbocycles. The highest BCUT2D eigenvalue weighted by Gasteiger charge is 2.19. The Morgan fingerprint density at radius 3 is 2.57 bits per heavy atom. The van der Waals surface area contributed by atoms with E-state index in [0.29, 0.717) is 11.5 Å². The molecular formula is C15H11N3O3. The minimum atomic E-state index is -0.466. The van der Waals surface area contributed by atoms with Crippen molar-refractivity contribution in [2.24, 2.45) is 0 Å². The lowest BCUT2D eigenvalue weighted by Gasteiger charge is -1.98. The molecule has 0 radical (unpaired) electrons. The lowest BCUT2D eigenvalue weighted by molar-refractivity contribution is -0.384. The maximum Gasteiger partial charge on any atom is 0.282 e. The van der Waals surface area contributed by atoms with E-state index in [0.717, 1.165) is 11.1 Å². The summed E-state index contributed by atoms with van der Waals surface area (Å²) in [4.78, 5) is 10.6. The predicted molar refractivity (Wildman–Crippen MR) is 76.6 cm³/mol. The lowest BCUT2D eigenvalue weighted by Crippen LogP contribution is -1.91. The Balaban J connectivity index is 2.05. The Morgan fingerprint density at radius 2 is 1.81 bits per heavy atom. The van der Waals surface area contributed by atoms with Gasteiger partial charge in [0.05, 0.1) is 4.92 Å². The summed E-state index contributed by atoms with van der Waals surface area (Å²) < 4.78 is 5.57. The van der Waals surface area contributed by atoms with E-state index in [2.05, 4.69) is 10.2 Å². The molecule has 0 saturated carbocycles. The minimum absolute atomic E-state index is 0.0584. The van der Waals surface area contributed by atoms with Crippen LogP contribution in [0.3, 0.4) is 0 Å². The topological polar surface area (TPSA) is 82.1 Å². The number of nitro groups is 1. The van der Waals surface area contributed by atoms with E-state index in [-0.39, 0.29) is 11.6 Å². The van der Waals surface area contributed by atoms with Crippen molar-refractivity contribution in [1.29, 1.82) is 0 Å². The van der Waals surface area contributed by atoms with Crippen LogP contribution in [0.1, 0.15) is 5.56 Å². The summed E-state index contributed by atoms with van der Waals surface area (Å²) in [6.45, 7) is 1.96. The molecule has 21 heavy (non-hydrogen) atoms. The zero-order valence-corrected chi connectivity index (χ0v) is 11.2. The van der Waals surface area contributed by atoms with Crippen LogP contribution in [0.2, 0.25) is 0 Å². The maximum atomic E-state index is 11.0. The standard InChI is InChI=1S/C15H11N3O3/c1-10-5-4-6-11(9-10)14-16-17-15(21-14)12-7-2-3-8-13(12)18(19)20/h2-9H,1H3. The number of rotatable bonds is 3. The van der Waals surface area contributed by atoms with Crippen molar-refractivity contribution >= 4 is 5.69 Å². The van der Waals surface area contributed by atoms with Crippen LogP contribution in [-0.4, -0.2) is 15.1 Å². The van der Waals surface area contributed by atoms with Gasteiger partial charge in [-0.25, -0.2) is 0 Å². The van der Waals surface area contributed by atoms with Gasteiger partial charge in [0.1, 0.15) is 5.56 Å². The van der Waals surface area contributed by atoms with E-state index < -0.39 is 4.92 Å². The number of aromatic nitrogens is 2. The van der Waals surface area contributed by atoms with Crippen LogP contribution in [0.25, 0.3) is 22.9 Å². The number of benzene rings is 2. The van der Waals surface area contributed by atoms with E-state index in [1.807, 2.05) is 31.2 Å². The number of nitrogens with zero attached hydrogens (tertiary/aromatic N) is 3. The molecule has 0 fully saturated rings. The van der Waals surface area contributed by atoms with Crippen molar-refractivity contribution in [2.75, 3.05) is 0 Å². The lowest BCUT2D eigenvalue weighted by atomic mass is 10.1. The summed E-state index contributed by atoms with van der Waals surface area (Å²) in [7, 11) is 0. The van der Waals surface area contributed by atoms with E-state index in [9.17, 15) is 10.1 Å². The first kappa shape index (κ1) is 13.0. The summed E-state index contributed by atoms with van der Waals surface area (Å²) in [6, 6.07) is 13.9. The second kappa shape index (κ2) is 5.16. The summed E-state index contributed by atoms with van der Waals surface area (Å²) in [6.07, 6.45) is 0. The van der Waals surface area contributed by atoms with Crippen molar-refractivity contribution in [2.45, 2.75) is 6.92 Å². The molecule has 0 aliphatic carbocycles. The van der Waals surface area contributed by atoms with Crippen LogP contribution in [0, 0.1) is 17.0 Å². The first-order chi connectivity index (χ1) is 10.1. The van der Waals surface area contributed by atoms with Gasteiger partial charge in [0.25, 0.3) is 11.6 Å². The number of hydrogen-bond acceptors (Lipinski definition) is 5. The molecule has 1 heterocycles. The summed E-state index contributed by atoms with van der Waals surface area (Å²) in [5.41, 5.74) is 2.11. The van der Waals surface area contributed by atoms with Crippen LogP contribution in [0.15, 0.2) is 52.9 Å². The normalized spacial score (nSPS) is 10.5. The molecule has 3 aromatic rings. The van der Waals surface area contributed by atoms with Gasteiger partial charge in [-0.15, -0.1) is 10.2 Å². The third kappa shape index (κ3) is 2.51. The zero-order chi connectivity index (χ0) is 14.8. The minimum Gasteiger partial charge on any atom is -0.416 e. The average molecular weight is 281 g/mol. The molecule has 0 spiro atoms. The maximum absolute atomic E-state index is 11.0. The first-order valence-corrected chi connectivity index (χ1v) is 6.29. The van der Waals surface area contributed by atoms with Crippen molar-refractivity contribution < 1.29 is 9.34 Å². The first-order valence-electron chi connectivity index (χ1n) is 6.29. The van der Waals surface area contributed by atoms with Gasteiger partial charge >= 0.3 is 0 Å². The molecule has 0 saturated heterocycles. The number of para-hydroxylation sites is 1. The molecule has 6 nitrogen and oxygen atoms in total. The molecule has 0 atom stereocenters. The van der Waals surface area contributed by atoms with Crippen LogP contribution >= 0.6 is 0 Å². The SMILES string of the molecule is Cc1cccc(-c2nnc(-c3ccccc3[N+](=O)[O-])o2)c1. The zero-order valence-electron chi connectivity index (χ0n) is 11.2. The third-order valence-electron chi connectivity index (χ3n) is 3.02. The van der Waals surface area contributed by atoms with Gasteiger partial charge in [0, 0.05) is 11.6 Å². The predicted octanol–water partition coefficient (Wildman–Crippen LogP) is 3.62. The molecule has 6 heteroatoms. The van der Waals surface area contributed by atoms with Crippen molar-refractivity contribution in [3.8, 4) is 22.9 Å². The van der Waals surface area contributed by atoms with Gasteiger partial charge in [-0.2, -0.15) is 0 Å². The highest BCUT2D eigenvalue weighted by molar-refractivity contribution is 5.67. The molecule has 1 aromatic heterocycles. The van der Waals surface area contributed by atoms with Gasteiger partial charge in [-0.05, 0) is 25.1 Å². The van der Waals surface area contributed by atoms with E-state index >= 15 is 0 Å². The summed E-state index contributed by atoms with van der Waals surface area (Å²) in [5.74, 6) is 0.477. The van der Waals surface area contributed by atoms with Gasteiger partial charge in [0.2, 0.25) is 5.89 Å². The van der Waals surface area contributed by atoms with Crippen LogP contribution in [-0.2, 0) is 0 Å². The molecule has 0 N–H and O–H groups in total.